The van der Waals surface area contributed by atoms with E-state index in [2.05, 4.69) is 9.80 Å². The molecule has 1 aromatic carbocycles. The molecule has 2 aliphatic rings. The van der Waals surface area contributed by atoms with E-state index in [-0.39, 0.29) is 5.82 Å². The summed E-state index contributed by atoms with van der Waals surface area (Å²) in [5, 5.41) is 0. The highest BCUT2D eigenvalue weighted by molar-refractivity contribution is 5.76. The summed E-state index contributed by atoms with van der Waals surface area (Å²) in [6.07, 6.45) is 5.41. The number of nitrogens with zero attached hydrogens (tertiary/aromatic N) is 3. The van der Waals surface area contributed by atoms with E-state index in [9.17, 15) is 9.18 Å². The molecule has 3 rings (SSSR count). The number of para-hydroxylation sites is 1. The third kappa shape index (κ3) is 4.47. The van der Waals surface area contributed by atoms with E-state index < -0.39 is 0 Å². The quantitative estimate of drug-likeness (QED) is 0.848. The minimum Gasteiger partial charge on any atom is -0.367 e. The number of rotatable bonds is 4. The normalized spacial score (nSPS) is 20.0. The van der Waals surface area contributed by atoms with Crippen LogP contribution in [0.4, 0.5) is 10.1 Å². The van der Waals surface area contributed by atoms with E-state index >= 15 is 0 Å². The lowest BCUT2D eigenvalue weighted by Crippen LogP contribution is -2.47. The molecule has 2 heterocycles. The highest BCUT2D eigenvalue weighted by atomic mass is 19.1. The van der Waals surface area contributed by atoms with E-state index in [0.29, 0.717) is 18.0 Å². The average molecular weight is 333 g/mol. The Hall–Kier alpha value is -1.62. The Morgan fingerprint density at radius 1 is 0.917 bits per heavy atom. The van der Waals surface area contributed by atoms with Crippen molar-refractivity contribution in [2.24, 2.45) is 0 Å². The van der Waals surface area contributed by atoms with Gasteiger partial charge in [-0.15, -0.1) is 0 Å². The van der Waals surface area contributed by atoms with E-state index in [1.165, 1.54) is 18.9 Å². The van der Waals surface area contributed by atoms with Gasteiger partial charge in [-0.25, -0.2) is 4.39 Å². The van der Waals surface area contributed by atoms with Gasteiger partial charge >= 0.3 is 0 Å². The molecule has 0 aliphatic carbocycles. The van der Waals surface area contributed by atoms with Gasteiger partial charge in [-0.2, -0.15) is 0 Å². The topological polar surface area (TPSA) is 26.8 Å². The zero-order valence-corrected chi connectivity index (χ0v) is 14.4. The van der Waals surface area contributed by atoms with Crippen LogP contribution in [0.25, 0.3) is 0 Å². The van der Waals surface area contributed by atoms with E-state index in [1.807, 2.05) is 17.0 Å². The van der Waals surface area contributed by atoms with Crippen LogP contribution in [-0.2, 0) is 4.79 Å². The molecule has 24 heavy (non-hydrogen) atoms. The second-order valence-electron chi connectivity index (χ2n) is 6.83. The molecular weight excluding hydrogens is 305 g/mol. The number of hydrogen-bond donors (Lipinski definition) is 0. The summed E-state index contributed by atoms with van der Waals surface area (Å²) in [5.74, 6) is 0.149. The maximum Gasteiger partial charge on any atom is 0.223 e. The fraction of sp³-hybridized carbons (Fsp3) is 0.632. The van der Waals surface area contributed by atoms with Crippen LogP contribution in [0.3, 0.4) is 0 Å². The van der Waals surface area contributed by atoms with Gasteiger partial charge in [-0.05, 0) is 25.0 Å². The molecule has 1 aromatic rings. The third-order valence-corrected chi connectivity index (χ3v) is 5.17. The molecule has 0 bridgehead atoms. The second kappa shape index (κ2) is 8.47. The van der Waals surface area contributed by atoms with Crippen molar-refractivity contribution in [3.05, 3.63) is 30.1 Å². The standard InChI is InChI=1S/C19H28FN3O/c20-17-7-3-4-8-18(17)22-15-13-21(14-16-22)12-9-19(24)23-10-5-1-2-6-11-23/h3-4,7-8H,1-2,5-6,9-16H2. The number of likely N-dealkylation sites (tertiary alicyclic amines) is 1. The number of halogens is 1. The first kappa shape index (κ1) is 17.2. The SMILES string of the molecule is O=C(CCN1CCN(c2ccccc2F)CC1)N1CCCCCC1. The molecule has 2 aliphatic heterocycles. The van der Waals surface area contributed by atoms with Gasteiger partial charge in [0.05, 0.1) is 5.69 Å². The summed E-state index contributed by atoms with van der Waals surface area (Å²) in [5.41, 5.74) is 0.692. The van der Waals surface area contributed by atoms with Crippen molar-refractivity contribution >= 4 is 11.6 Å². The van der Waals surface area contributed by atoms with Crippen LogP contribution in [0, 0.1) is 5.82 Å². The van der Waals surface area contributed by atoms with Gasteiger partial charge in [0.2, 0.25) is 5.91 Å². The van der Waals surface area contributed by atoms with E-state index in [4.69, 9.17) is 0 Å². The van der Waals surface area contributed by atoms with Crippen LogP contribution >= 0.6 is 0 Å². The van der Waals surface area contributed by atoms with Gasteiger partial charge in [-0.3, -0.25) is 9.69 Å². The van der Waals surface area contributed by atoms with Crippen molar-refractivity contribution in [2.75, 3.05) is 50.7 Å². The molecule has 0 radical (unpaired) electrons. The lowest BCUT2D eigenvalue weighted by Gasteiger charge is -2.36. The molecule has 0 spiro atoms. The van der Waals surface area contributed by atoms with Gasteiger partial charge in [0, 0.05) is 52.2 Å². The van der Waals surface area contributed by atoms with Gasteiger partial charge in [-0.1, -0.05) is 25.0 Å². The Morgan fingerprint density at radius 2 is 1.58 bits per heavy atom. The monoisotopic (exact) mass is 333 g/mol. The summed E-state index contributed by atoms with van der Waals surface area (Å²) in [4.78, 5) is 18.8. The van der Waals surface area contributed by atoms with Crippen LogP contribution in [0.5, 0.6) is 0 Å². The van der Waals surface area contributed by atoms with Crippen molar-refractivity contribution in [1.82, 2.24) is 9.80 Å². The predicted molar refractivity (Wildman–Crippen MR) is 94.7 cm³/mol. The van der Waals surface area contributed by atoms with Crippen molar-refractivity contribution in [3.8, 4) is 0 Å². The Balaban J connectivity index is 1.42. The zero-order valence-electron chi connectivity index (χ0n) is 14.4. The number of anilines is 1. The summed E-state index contributed by atoms with van der Waals surface area (Å²) in [6, 6.07) is 6.96. The Morgan fingerprint density at radius 3 is 2.25 bits per heavy atom. The van der Waals surface area contributed by atoms with Gasteiger partial charge in [0.15, 0.2) is 0 Å². The van der Waals surface area contributed by atoms with Gasteiger partial charge < -0.3 is 9.80 Å². The molecule has 0 atom stereocenters. The number of hydrogen-bond acceptors (Lipinski definition) is 3. The Kier molecular flexibility index (Phi) is 6.07. The summed E-state index contributed by atoms with van der Waals surface area (Å²) < 4.78 is 13.9. The summed E-state index contributed by atoms with van der Waals surface area (Å²) in [7, 11) is 0. The van der Waals surface area contributed by atoms with Crippen LogP contribution in [0.15, 0.2) is 24.3 Å². The lowest BCUT2D eigenvalue weighted by atomic mass is 10.2. The molecule has 0 N–H and O–H groups in total. The molecule has 0 saturated carbocycles. The third-order valence-electron chi connectivity index (χ3n) is 5.17. The lowest BCUT2D eigenvalue weighted by molar-refractivity contribution is -0.131. The first-order valence-electron chi connectivity index (χ1n) is 9.23. The minimum absolute atomic E-state index is 0.151. The first-order valence-corrected chi connectivity index (χ1v) is 9.23. The average Bonchev–Trinajstić information content (AvgIpc) is 2.90. The molecule has 2 saturated heterocycles. The minimum atomic E-state index is -0.151. The van der Waals surface area contributed by atoms with Crippen LogP contribution in [0.2, 0.25) is 0 Å². The summed E-state index contributed by atoms with van der Waals surface area (Å²) >= 11 is 0. The molecule has 0 unspecified atom stereocenters. The van der Waals surface area contributed by atoms with Crippen molar-refractivity contribution in [1.29, 1.82) is 0 Å². The maximum absolute atomic E-state index is 13.9. The highest BCUT2D eigenvalue weighted by Gasteiger charge is 2.21. The van der Waals surface area contributed by atoms with Crippen molar-refractivity contribution < 1.29 is 9.18 Å². The Bertz CT molecular complexity index is 535. The molecule has 2 fully saturated rings. The number of piperazine rings is 1. The summed E-state index contributed by atoms with van der Waals surface area (Å²) in [6.45, 7) is 6.10. The molecule has 1 amide bonds. The molecule has 4 nitrogen and oxygen atoms in total. The number of amides is 1. The van der Waals surface area contributed by atoms with Crippen LogP contribution < -0.4 is 4.90 Å². The van der Waals surface area contributed by atoms with Crippen LogP contribution in [0.1, 0.15) is 32.1 Å². The van der Waals surface area contributed by atoms with Gasteiger partial charge in [0.1, 0.15) is 5.82 Å². The van der Waals surface area contributed by atoms with Crippen molar-refractivity contribution in [2.45, 2.75) is 32.1 Å². The largest absolute Gasteiger partial charge is 0.367 e. The fourth-order valence-electron chi connectivity index (χ4n) is 3.65. The molecule has 0 aromatic heterocycles. The first-order chi connectivity index (χ1) is 11.7. The van der Waals surface area contributed by atoms with Crippen LogP contribution in [-0.4, -0.2) is 61.5 Å². The fourth-order valence-corrected chi connectivity index (χ4v) is 3.65. The smallest absolute Gasteiger partial charge is 0.223 e. The number of carbonyl (C=O) groups is 1. The van der Waals surface area contributed by atoms with Gasteiger partial charge in [0.25, 0.3) is 0 Å². The predicted octanol–water partition coefficient (Wildman–Crippen LogP) is 2.74. The van der Waals surface area contributed by atoms with E-state index in [0.717, 1.165) is 58.7 Å². The molecular formula is C19H28FN3O. The highest BCUT2D eigenvalue weighted by Crippen LogP contribution is 2.20. The van der Waals surface area contributed by atoms with Crippen molar-refractivity contribution in [3.63, 3.8) is 0 Å². The van der Waals surface area contributed by atoms with E-state index in [1.54, 1.807) is 6.07 Å². The molecule has 132 valence electrons. The Labute approximate surface area is 144 Å². The molecule has 5 heteroatoms. The zero-order chi connectivity index (χ0) is 16.8. The number of carbonyl (C=O) groups excluding carboxylic acids is 1. The second-order valence-corrected chi connectivity index (χ2v) is 6.83. The maximum atomic E-state index is 13.9. The number of benzene rings is 1.